The minimum absolute atomic E-state index is 0.0487. The number of para-hydroxylation sites is 1. The number of unbranched alkanes of at least 4 members (excludes halogenated alkanes) is 2. The number of fused-ring (bicyclic) bond motifs is 1. The number of methoxy groups -OCH3 is 1. The number of nitrogens with zero attached hydrogens (tertiary/aromatic N) is 3. The summed E-state index contributed by atoms with van der Waals surface area (Å²) >= 11 is 0. The van der Waals surface area contributed by atoms with Gasteiger partial charge in [-0.2, -0.15) is 0 Å². The van der Waals surface area contributed by atoms with Crippen molar-refractivity contribution in [1.29, 1.82) is 0 Å². The zero-order valence-corrected chi connectivity index (χ0v) is 25.7. The first kappa shape index (κ1) is 30.2. The molecule has 1 atom stereocenters. The van der Waals surface area contributed by atoms with E-state index in [9.17, 15) is 9.59 Å². The average molecular weight is 574 g/mol. The average Bonchev–Trinajstić information content (AvgIpc) is 3.48. The van der Waals surface area contributed by atoms with E-state index in [-0.39, 0.29) is 17.9 Å². The highest BCUT2D eigenvalue weighted by molar-refractivity contribution is 5.85. The Bertz CT molecular complexity index is 1370. The molecule has 1 amide bonds. The Morgan fingerprint density at radius 3 is 2.62 bits per heavy atom. The molecule has 1 spiro atoms. The highest BCUT2D eigenvalue weighted by Gasteiger charge is 2.46. The first-order chi connectivity index (χ1) is 20.3. The summed E-state index contributed by atoms with van der Waals surface area (Å²) in [4.78, 5) is 40.8. The zero-order valence-electron chi connectivity index (χ0n) is 25.7. The second-order valence-electron chi connectivity index (χ2n) is 12.7. The van der Waals surface area contributed by atoms with E-state index in [0.717, 1.165) is 79.4 Å². The third-order valence-corrected chi connectivity index (χ3v) is 9.48. The van der Waals surface area contributed by atoms with Gasteiger partial charge in [0, 0.05) is 43.3 Å². The zero-order chi connectivity index (χ0) is 29.7. The monoisotopic (exact) mass is 573 g/mol. The van der Waals surface area contributed by atoms with Crippen LogP contribution in [0.2, 0.25) is 0 Å². The van der Waals surface area contributed by atoms with Crippen molar-refractivity contribution in [1.82, 2.24) is 25.2 Å². The number of H-pyrrole nitrogens is 1. The lowest BCUT2D eigenvalue weighted by molar-refractivity contribution is -0.130. The largest absolute Gasteiger partial charge is 0.480 e. The van der Waals surface area contributed by atoms with Crippen molar-refractivity contribution in [2.24, 2.45) is 11.3 Å². The number of aromatic nitrogens is 3. The maximum atomic E-state index is 13.6. The molecule has 1 aliphatic carbocycles. The lowest BCUT2D eigenvalue weighted by Gasteiger charge is -2.55. The molecule has 0 unspecified atom stereocenters. The second kappa shape index (κ2) is 13.4. The number of aromatic amines is 1. The normalized spacial score (nSPS) is 17.8. The number of imidazole rings is 1. The Morgan fingerprint density at radius 2 is 1.90 bits per heavy atom. The number of ketones is 1. The van der Waals surface area contributed by atoms with E-state index in [0.29, 0.717) is 36.0 Å². The van der Waals surface area contributed by atoms with Gasteiger partial charge in [0.15, 0.2) is 0 Å². The fraction of sp³-hybridized carbons (Fsp3) is 0.588. The van der Waals surface area contributed by atoms with Gasteiger partial charge in [0.25, 0.3) is 0 Å². The molecule has 1 aromatic carbocycles. The summed E-state index contributed by atoms with van der Waals surface area (Å²) in [7, 11) is 1.63. The van der Waals surface area contributed by atoms with Gasteiger partial charge in [-0.05, 0) is 69.9 Å². The highest BCUT2D eigenvalue weighted by Crippen LogP contribution is 2.46. The predicted octanol–water partition coefficient (Wildman–Crippen LogP) is 6.62. The minimum atomic E-state index is -0.219. The minimum Gasteiger partial charge on any atom is -0.480 e. The van der Waals surface area contributed by atoms with Crippen LogP contribution in [-0.4, -0.2) is 57.8 Å². The van der Waals surface area contributed by atoms with Gasteiger partial charge in [-0.3, -0.25) is 14.5 Å². The van der Waals surface area contributed by atoms with E-state index in [1.807, 2.05) is 37.4 Å². The van der Waals surface area contributed by atoms with Gasteiger partial charge in [-0.25, -0.2) is 9.97 Å². The number of benzene rings is 1. The summed E-state index contributed by atoms with van der Waals surface area (Å²) in [5.74, 6) is 1.78. The summed E-state index contributed by atoms with van der Waals surface area (Å²) in [5, 5.41) is 4.39. The van der Waals surface area contributed by atoms with Gasteiger partial charge < -0.3 is 15.0 Å². The fourth-order valence-corrected chi connectivity index (χ4v) is 6.68. The van der Waals surface area contributed by atoms with Crippen molar-refractivity contribution in [2.75, 3.05) is 20.2 Å². The van der Waals surface area contributed by atoms with E-state index < -0.39 is 0 Å². The molecule has 3 heterocycles. The first-order valence-electron chi connectivity index (χ1n) is 15.9. The fourth-order valence-electron chi connectivity index (χ4n) is 6.68. The number of nitrogens with one attached hydrogen (secondary N) is 2. The van der Waals surface area contributed by atoms with E-state index in [4.69, 9.17) is 14.7 Å². The Hall–Kier alpha value is -3.26. The Morgan fingerprint density at radius 1 is 1.14 bits per heavy atom. The molecule has 2 N–H and O–H groups in total. The quantitative estimate of drug-likeness (QED) is 0.223. The molecule has 226 valence electrons. The summed E-state index contributed by atoms with van der Waals surface area (Å²) < 4.78 is 5.63. The molecule has 1 saturated carbocycles. The molecule has 1 aliphatic heterocycles. The summed E-state index contributed by atoms with van der Waals surface area (Å²) in [6.07, 6.45) is 10.7. The van der Waals surface area contributed by atoms with Gasteiger partial charge in [-0.1, -0.05) is 38.0 Å². The standard InChI is InChI=1S/C34H47N5O3/c1-5-26(40)12-7-6-8-14-29(37-32(41)24-15-17-34(18-16-24)21-39(22-34)23(2)3)31-35-20-30(36-31)27-19-25-11-9-10-13-28(25)38-33(27)42-4/h9-11,13,19-20,23-24,29H,5-8,12,14-18,21-22H2,1-4H3,(H,35,36)(H,37,41)/t29-/m0/s1. The van der Waals surface area contributed by atoms with Crippen molar-refractivity contribution < 1.29 is 14.3 Å². The number of hydrogen-bond acceptors (Lipinski definition) is 6. The molecular weight excluding hydrogens is 526 g/mol. The number of hydrogen-bond donors (Lipinski definition) is 2. The summed E-state index contributed by atoms with van der Waals surface area (Å²) in [6, 6.07) is 10.4. The molecule has 5 rings (SSSR count). The van der Waals surface area contributed by atoms with Crippen LogP contribution in [0.15, 0.2) is 36.5 Å². The Labute approximate surface area is 250 Å². The predicted molar refractivity (Wildman–Crippen MR) is 166 cm³/mol. The second-order valence-corrected chi connectivity index (χ2v) is 12.7. The number of ether oxygens (including phenoxy) is 1. The van der Waals surface area contributed by atoms with Crippen molar-refractivity contribution >= 4 is 22.6 Å². The molecule has 1 saturated heterocycles. The van der Waals surface area contributed by atoms with Crippen molar-refractivity contribution in [3.8, 4) is 17.1 Å². The molecule has 2 aliphatic rings. The molecule has 0 bridgehead atoms. The molecule has 0 radical (unpaired) electrons. The lowest BCUT2D eigenvalue weighted by atomic mass is 9.65. The molecular formula is C34H47N5O3. The van der Waals surface area contributed by atoms with E-state index in [2.05, 4.69) is 35.1 Å². The van der Waals surface area contributed by atoms with Gasteiger partial charge in [0.1, 0.15) is 11.6 Å². The molecule has 8 nitrogen and oxygen atoms in total. The number of amides is 1. The van der Waals surface area contributed by atoms with Gasteiger partial charge in [-0.15, -0.1) is 0 Å². The smallest absolute Gasteiger partial charge is 0.223 e. The van der Waals surface area contributed by atoms with Crippen LogP contribution >= 0.6 is 0 Å². The molecule has 2 aromatic heterocycles. The lowest BCUT2D eigenvalue weighted by Crippen LogP contribution is -2.60. The van der Waals surface area contributed by atoms with Crippen LogP contribution in [0, 0.1) is 11.3 Å². The van der Waals surface area contributed by atoms with Crippen molar-refractivity contribution in [2.45, 2.75) is 97.1 Å². The molecule has 42 heavy (non-hydrogen) atoms. The number of carbonyl (C=O) groups is 2. The Kier molecular flexibility index (Phi) is 9.61. The van der Waals surface area contributed by atoms with Crippen LogP contribution in [0.1, 0.15) is 96.8 Å². The SMILES string of the molecule is CCC(=O)CCCCC[C@H](NC(=O)C1CCC2(CC1)CN(C(C)C)C2)c1ncc(-c2cc3ccccc3nc2OC)[nH]1. The third kappa shape index (κ3) is 6.86. The van der Waals surface area contributed by atoms with Crippen LogP contribution in [0.3, 0.4) is 0 Å². The van der Waals surface area contributed by atoms with Crippen LogP contribution in [-0.2, 0) is 9.59 Å². The highest BCUT2D eigenvalue weighted by atomic mass is 16.5. The molecule has 3 aromatic rings. The van der Waals surface area contributed by atoms with E-state index >= 15 is 0 Å². The van der Waals surface area contributed by atoms with Crippen LogP contribution in [0.4, 0.5) is 0 Å². The Balaban J connectivity index is 1.28. The first-order valence-corrected chi connectivity index (χ1v) is 15.9. The number of rotatable bonds is 13. The van der Waals surface area contributed by atoms with Gasteiger partial charge >= 0.3 is 0 Å². The maximum Gasteiger partial charge on any atom is 0.223 e. The van der Waals surface area contributed by atoms with E-state index in [1.54, 1.807) is 7.11 Å². The molecule has 2 fully saturated rings. The number of Topliss-reactive ketones (excluding diaryl/α,β-unsaturated/α-hetero) is 1. The third-order valence-electron chi connectivity index (χ3n) is 9.48. The van der Waals surface area contributed by atoms with Crippen LogP contribution in [0.25, 0.3) is 22.2 Å². The van der Waals surface area contributed by atoms with Crippen LogP contribution in [0.5, 0.6) is 5.88 Å². The number of carbonyl (C=O) groups excluding carboxylic acids is 2. The van der Waals surface area contributed by atoms with E-state index in [1.165, 1.54) is 13.1 Å². The van der Waals surface area contributed by atoms with Crippen LogP contribution < -0.4 is 10.1 Å². The molecule has 8 heteroatoms. The van der Waals surface area contributed by atoms with Gasteiger partial charge in [0.2, 0.25) is 11.8 Å². The van der Waals surface area contributed by atoms with Crippen molar-refractivity contribution in [3.05, 3.63) is 42.4 Å². The maximum absolute atomic E-state index is 13.6. The van der Waals surface area contributed by atoms with Gasteiger partial charge in [0.05, 0.1) is 36.1 Å². The van der Waals surface area contributed by atoms with Crippen molar-refractivity contribution in [3.63, 3.8) is 0 Å². The topological polar surface area (TPSA) is 100 Å². The number of likely N-dealkylation sites (tertiary alicyclic amines) is 1. The number of pyridine rings is 1. The summed E-state index contributed by atoms with van der Waals surface area (Å²) in [5.41, 5.74) is 2.94. The summed E-state index contributed by atoms with van der Waals surface area (Å²) in [6.45, 7) is 8.79.